The van der Waals surface area contributed by atoms with E-state index in [1.165, 1.54) is 11.1 Å². The normalized spacial score (nSPS) is 14.0. The van der Waals surface area contributed by atoms with Gasteiger partial charge < -0.3 is 14.9 Å². The Morgan fingerprint density at radius 1 is 1.00 bits per heavy atom. The lowest BCUT2D eigenvalue weighted by atomic mass is 10.1. The van der Waals surface area contributed by atoms with Crippen LogP contribution in [0.15, 0.2) is 34.6 Å². The first kappa shape index (κ1) is 19.2. The lowest BCUT2D eigenvalue weighted by molar-refractivity contribution is 0.353. The SMILES string of the molecule is CC(C)=CCC/C(C)=C/CC/C(C)=C(/O)CP(=O)(O)O. The highest BCUT2D eigenvalue weighted by atomic mass is 31.2. The topological polar surface area (TPSA) is 77.8 Å². The zero-order valence-corrected chi connectivity index (χ0v) is 13.8. The first-order valence-corrected chi connectivity index (χ1v) is 8.62. The molecule has 0 aliphatic heterocycles. The molecule has 0 fully saturated rings. The van der Waals surface area contributed by atoms with Crippen molar-refractivity contribution in [3.05, 3.63) is 34.6 Å². The van der Waals surface area contributed by atoms with Gasteiger partial charge in [-0.3, -0.25) is 4.57 Å². The van der Waals surface area contributed by atoms with Gasteiger partial charge in [0.05, 0.1) is 0 Å². The predicted octanol–water partition coefficient (Wildman–Crippen LogP) is 4.47. The predicted molar refractivity (Wildman–Crippen MR) is 83.9 cm³/mol. The molecule has 0 aromatic rings. The summed E-state index contributed by atoms with van der Waals surface area (Å²) in [6.45, 7) is 7.94. The Bertz CT molecular complexity index is 437. The minimum Gasteiger partial charge on any atom is -0.512 e. The number of aliphatic hydroxyl groups is 1. The van der Waals surface area contributed by atoms with Crippen LogP contribution in [0.3, 0.4) is 0 Å². The fourth-order valence-electron chi connectivity index (χ4n) is 1.70. The zero-order valence-electron chi connectivity index (χ0n) is 12.9. The lowest BCUT2D eigenvalue weighted by Crippen LogP contribution is -1.96. The van der Waals surface area contributed by atoms with Crippen LogP contribution in [0.1, 0.15) is 53.4 Å². The average molecular weight is 302 g/mol. The van der Waals surface area contributed by atoms with E-state index in [0.717, 1.165) is 19.3 Å². The van der Waals surface area contributed by atoms with Crippen molar-refractivity contribution in [1.29, 1.82) is 0 Å². The monoisotopic (exact) mass is 302 g/mol. The maximum Gasteiger partial charge on any atom is 0.333 e. The molecule has 3 N–H and O–H groups in total. The van der Waals surface area contributed by atoms with Crippen molar-refractivity contribution in [2.45, 2.75) is 53.4 Å². The second kappa shape index (κ2) is 9.17. The van der Waals surface area contributed by atoms with Crippen molar-refractivity contribution in [3.8, 4) is 0 Å². The maximum atomic E-state index is 10.8. The van der Waals surface area contributed by atoms with E-state index in [0.29, 0.717) is 12.0 Å². The fourth-order valence-corrected chi connectivity index (χ4v) is 2.36. The Morgan fingerprint density at radius 2 is 1.55 bits per heavy atom. The molecule has 116 valence electrons. The third-order valence-electron chi connectivity index (χ3n) is 2.95. The molecule has 0 rings (SSSR count). The molecular formula is C15H27O4P. The van der Waals surface area contributed by atoms with Gasteiger partial charge >= 0.3 is 7.60 Å². The Hall–Kier alpha value is -0.830. The largest absolute Gasteiger partial charge is 0.512 e. The molecule has 0 radical (unpaired) electrons. The Labute approximate surface area is 122 Å². The van der Waals surface area contributed by atoms with Gasteiger partial charge in [0, 0.05) is 0 Å². The van der Waals surface area contributed by atoms with E-state index in [1.54, 1.807) is 6.92 Å². The third kappa shape index (κ3) is 11.0. The van der Waals surface area contributed by atoms with Crippen molar-refractivity contribution >= 4 is 7.60 Å². The summed E-state index contributed by atoms with van der Waals surface area (Å²) >= 11 is 0. The molecule has 0 bridgehead atoms. The van der Waals surface area contributed by atoms with Crippen molar-refractivity contribution in [2.24, 2.45) is 0 Å². The highest BCUT2D eigenvalue weighted by Crippen LogP contribution is 2.37. The van der Waals surface area contributed by atoms with E-state index < -0.39 is 13.8 Å². The summed E-state index contributed by atoms with van der Waals surface area (Å²) in [5, 5.41) is 9.58. The second-order valence-corrected chi connectivity index (χ2v) is 7.10. The molecule has 0 aliphatic carbocycles. The molecule has 0 atom stereocenters. The van der Waals surface area contributed by atoms with Crippen LogP contribution < -0.4 is 0 Å². The quantitative estimate of drug-likeness (QED) is 0.351. The van der Waals surface area contributed by atoms with Crippen LogP contribution >= 0.6 is 7.60 Å². The van der Waals surface area contributed by atoms with Crippen molar-refractivity contribution in [3.63, 3.8) is 0 Å². The molecular weight excluding hydrogens is 275 g/mol. The van der Waals surface area contributed by atoms with Gasteiger partial charge in [-0.1, -0.05) is 23.3 Å². The molecule has 0 spiro atoms. The number of aliphatic hydroxyl groups excluding tert-OH is 1. The molecule has 0 saturated heterocycles. The summed E-state index contributed by atoms with van der Waals surface area (Å²) in [7, 11) is -4.18. The molecule has 0 aromatic heterocycles. The van der Waals surface area contributed by atoms with Crippen LogP contribution in [-0.2, 0) is 4.57 Å². The van der Waals surface area contributed by atoms with E-state index in [2.05, 4.69) is 32.9 Å². The molecule has 20 heavy (non-hydrogen) atoms. The number of allylic oxidation sites excluding steroid dienone is 6. The van der Waals surface area contributed by atoms with Gasteiger partial charge in [-0.15, -0.1) is 0 Å². The van der Waals surface area contributed by atoms with E-state index >= 15 is 0 Å². The summed E-state index contributed by atoms with van der Waals surface area (Å²) in [6.07, 6.45) is 7.19. The van der Waals surface area contributed by atoms with E-state index in [1.807, 2.05) is 0 Å². The van der Waals surface area contributed by atoms with E-state index in [-0.39, 0.29) is 5.76 Å². The first-order valence-electron chi connectivity index (χ1n) is 6.83. The van der Waals surface area contributed by atoms with E-state index in [9.17, 15) is 9.67 Å². The van der Waals surface area contributed by atoms with Gasteiger partial charge in [0.25, 0.3) is 0 Å². The third-order valence-corrected chi connectivity index (χ3v) is 3.66. The van der Waals surface area contributed by atoms with Crippen molar-refractivity contribution < 1.29 is 19.5 Å². The average Bonchev–Trinajstić information content (AvgIpc) is 2.25. The molecule has 0 saturated carbocycles. The molecule has 5 heteroatoms. The lowest BCUT2D eigenvalue weighted by Gasteiger charge is -2.07. The van der Waals surface area contributed by atoms with Gasteiger partial charge in [-0.05, 0) is 59.0 Å². The summed E-state index contributed by atoms with van der Waals surface area (Å²) in [6, 6.07) is 0. The van der Waals surface area contributed by atoms with Crippen LogP contribution in [0.2, 0.25) is 0 Å². The number of hydrogen-bond donors (Lipinski definition) is 3. The smallest absolute Gasteiger partial charge is 0.333 e. The number of hydrogen-bond acceptors (Lipinski definition) is 2. The van der Waals surface area contributed by atoms with Gasteiger partial charge in [-0.25, -0.2) is 0 Å². The van der Waals surface area contributed by atoms with Crippen LogP contribution in [0.5, 0.6) is 0 Å². The highest BCUT2D eigenvalue weighted by Gasteiger charge is 2.16. The summed E-state index contributed by atoms with van der Waals surface area (Å²) in [5.74, 6) is -0.186. The molecule has 0 unspecified atom stereocenters. The van der Waals surface area contributed by atoms with Crippen LogP contribution in [-0.4, -0.2) is 21.1 Å². The molecule has 0 aromatic carbocycles. The summed E-state index contributed by atoms with van der Waals surface area (Å²) in [5.41, 5.74) is 3.25. The highest BCUT2D eigenvalue weighted by molar-refractivity contribution is 7.52. The fraction of sp³-hybridized carbons (Fsp3) is 0.600. The summed E-state index contributed by atoms with van der Waals surface area (Å²) in [4.78, 5) is 17.6. The van der Waals surface area contributed by atoms with E-state index in [4.69, 9.17) is 9.79 Å². The Morgan fingerprint density at radius 3 is 2.05 bits per heavy atom. The molecule has 0 aliphatic rings. The van der Waals surface area contributed by atoms with Gasteiger partial charge in [0.2, 0.25) is 0 Å². The van der Waals surface area contributed by atoms with Crippen molar-refractivity contribution in [1.82, 2.24) is 0 Å². The van der Waals surface area contributed by atoms with Gasteiger partial charge in [0.1, 0.15) is 11.9 Å². The van der Waals surface area contributed by atoms with Gasteiger partial charge in [-0.2, -0.15) is 0 Å². The van der Waals surface area contributed by atoms with Crippen molar-refractivity contribution in [2.75, 3.05) is 6.16 Å². The Kier molecular flexibility index (Phi) is 8.79. The first-order chi connectivity index (χ1) is 9.11. The van der Waals surface area contributed by atoms with Gasteiger partial charge in [0.15, 0.2) is 0 Å². The summed E-state index contributed by atoms with van der Waals surface area (Å²) < 4.78 is 10.8. The molecule has 0 heterocycles. The molecule has 4 nitrogen and oxygen atoms in total. The maximum absolute atomic E-state index is 10.8. The van der Waals surface area contributed by atoms with Crippen LogP contribution in [0.4, 0.5) is 0 Å². The minimum atomic E-state index is -4.18. The Balaban J connectivity index is 4.24. The second-order valence-electron chi connectivity index (χ2n) is 5.46. The zero-order chi connectivity index (χ0) is 15.8. The van der Waals surface area contributed by atoms with Crippen LogP contribution in [0.25, 0.3) is 0 Å². The number of rotatable bonds is 8. The minimum absolute atomic E-state index is 0.186. The molecule has 0 amide bonds. The standard InChI is InChI=1S/C15H27O4P/c1-12(2)7-5-8-13(3)9-6-10-14(4)15(16)11-20(17,18)19/h7,9,16H,5-6,8,10-11H2,1-4H3,(H2,17,18,19)/b13-9+,15-14+. The van der Waals surface area contributed by atoms with Crippen LogP contribution in [0, 0.1) is 0 Å².